The van der Waals surface area contributed by atoms with Crippen molar-refractivity contribution in [2.24, 2.45) is 0 Å². The molecule has 1 aromatic carbocycles. The second-order valence-electron chi connectivity index (χ2n) is 2.91. The van der Waals surface area contributed by atoms with Crippen LogP contribution in [-0.4, -0.2) is 32.4 Å². The molecule has 0 atom stereocenters. The fourth-order valence-electron chi connectivity index (χ4n) is 1.38. The summed E-state index contributed by atoms with van der Waals surface area (Å²) in [5, 5.41) is 8.97. The summed E-state index contributed by atoms with van der Waals surface area (Å²) in [5.74, 6) is -0.586. The minimum Gasteiger partial charge on any atom is -0.494 e. The van der Waals surface area contributed by atoms with Crippen molar-refractivity contribution in [2.75, 3.05) is 27.1 Å². The Morgan fingerprint density at radius 2 is 1.75 bits per heavy atom. The van der Waals surface area contributed by atoms with Crippen molar-refractivity contribution in [3.8, 4) is 17.2 Å². The van der Waals surface area contributed by atoms with E-state index in [0.29, 0.717) is 0 Å². The molecule has 0 aromatic heterocycles. The zero-order chi connectivity index (χ0) is 12.3. The van der Waals surface area contributed by atoms with Gasteiger partial charge in [-0.05, 0) is 0 Å². The fraction of sp³-hybridized carbons (Fsp3) is 0.300. The van der Waals surface area contributed by atoms with E-state index in [2.05, 4.69) is 0 Å². The van der Waals surface area contributed by atoms with Gasteiger partial charge in [0.2, 0.25) is 0 Å². The molecule has 0 bridgehead atoms. The molecule has 3 N–H and O–H groups in total. The largest absolute Gasteiger partial charge is 0.494 e. The van der Waals surface area contributed by atoms with Crippen molar-refractivity contribution >= 4 is 11.7 Å². The Kier molecular flexibility index (Phi) is 3.44. The van der Waals surface area contributed by atoms with Crippen LogP contribution in [0.25, 0.3) is 0 Å². The molecule has 0 amide bonds. The van der Waals surface area contributed by atoms with Crippen molar-refractivity contribution in [2.45, 2.75) is 0 Å². The van der Waals surface area contributed by atoms with Crippen LogP contribution >= 0.6 is 0 Å². The molecule has 1 aromatic rings. The van der Waals surface area contributed by atoms with E-state index >= 15 is 0 Å². The smallest absolute Gasteiger partial charge is 0.339 e. The van der Waals surface area contributed by atoms with Crippen LogP contribution in [0.3, 0.4) is 0 Å². The first-order chi connectivity index (χ1) is 7.56. The number of hydrogen-bond acceptors (Lipinski definition) is 5. The molecule has 1 rings (SSSR count). The summed E-state index contributed by atoms with van der Waals surface area (Å²) in [4.78, 5) is 11.0. The Morgan fingerprint density at radius 1 is 1.19 bits per heavy atom. The van der Waals surface area contributed by atoms with Gasteiger partial charge < -0.3 is 25.1 Å². The van der Waals surface area contributed by atoms with Crippen LogP contribution in [0.15, 0.2) is 6.07 Å². The summed E-state index contributed by atoms with van der Waals surface area (Å²) in [5.41, 5.74) is 5.75. The van der Waals surface area contributed by atoms with Gasteiger partial charge in [-0.15, -0.1) is 0 Å². The lowest BCUT2D eigenvalue weighted by Gasteiger charge is -2.15. The van der Waals surface area contributed by atoms with E-state index in [1.54, 1.807) is 0 Å². The molecule has 0 aliphatic heterocycles. The number of anilines is 1. The van der Waals surface area contributed by atoms with Crippen molar-refractivity contribution in [3.05, 3.63) is 11.6 Å². The van der Waals surface area contributed by atoms with Crippen LogP contribution in [0.2, 0.25) is 0 Å². The van der Waals surface area contributed by atoms with Gasteiger partial charge in [-0.25, -0.2) is 4.79 Å². The van der Waals surface area contributed by atoms with Crippen molar-refractivity contribution in [1.82, 2.24) is 0 Å². The highest BCUT2D eigenvalue weighted by molar-refractivity contribution is 5.95. The Bertz CT molecular complexity index is 416. The molecule has 88 valence electrons. The van der Waals surface area contributed by atoms with Gasteiger partial charge in [0.25, 0.3) is 0 Å². The van der Waals surface area contributed by atoms with E-state index in [-0.39, 0.29) is 28.5 Å². The van der Waals surface area contributed by atoms with Crippen LogP contribution in [0, 0.1) is 0 Å². The van der Waals surface area contributed by atoms with E-state index < -0.39 is 5.97 Å². The third kappa shape index (κ3) is 1.81. The number of carboxylic acids is 1. The summed E-state index contributed by atoms with van der Waals surface area (Å²) in [6.45, 7) is 0. The summed E-state index contributed by atoms with van der Waals surface area (Å²) in [6, 6.07) is 1.30. The zero-order valence-corrected chi connectivity index (χ0v) is 9.23. The molecular formula is C10H13NO5. The molecule has 0 saturated carbocycles. The zero-order valence-electron chi connectivity index (χ0n) is 9.23. The standard InChI is InChI=1S/C10H13NO5/c1-14-6-4-5(10(12)13)8(15-2)7(11)9(6)16-3/h4H,11H2,1-3H3,(H,12,13). The Hall–Kier alpha value is -2.11. The molecule has 16 heavy (non-hydrogen) atoms. The van der Waals surface area contributed by atoms with Crippen LogP contribution in [0.4, 0.5) is 5.69 Å². The minimum atomic E-state index is -1.15. The van der Waals surface area contributed by atoms with Gasteiger partial charge in [0, 0.05) is 6.07 Å². The fourth-order valence-corrected chi connectivity index (χ4v) is 1.38. The molecule has 0 heterocycles. The number of hydrogen-bond donors (Lipinski definition) is 2. The molecule has 0 radical (unpaired) electrons. The van der Waals surface area contributed by atoms with Crippen LogP contribution < -0.4 is 19.9 Å². The van der Waals surface area contributed by atoms with Gasteiger partial charge in [-0.3, -0.25) is 0 Å². The number of benzene rings is 1. The highest BCUT2D eigenvalue weighted by atomic mass is 16.5. The van der Waals surface area contributed by atoms with Gasteiger partial charge >= 0.3 is 5.97 Å². The van der Waals surface area contributed by atoms with E-state index in [1.807, 2.05) is 0 Å². The Labute approximate surface area is 92.5 Å². The molecule has 0 unspecified atom stereocenters. The van der Waals surface area contributed by atoms with Crippen molar-refractivity contribution in [3.63, 3.8) is 0 Å². The predicted molar refractivity (Wildman–Crippen MR) is 57.5 cm³/mol. The molecule has 6 nitrogen and oxygen atoms in total. The Balaban J connectivity index is 3.54. The first-order valence-electron chi connectivity index (χ1n) is 4.38. The average Bonchev–Trinajstić information content (AvgIpc) is 2.27. The second kappa shape index (κ2) is 4.61. The van der Waals surface area contributed by atoms with E-state index in [9.17, 15) is 4.79 Å². The quantitative estimate of drug-likeness (QED) is 0.745. The maximum absolute atomic E-state index is 11.0. The highest BCUT2D eigenvalue weighted by Crippen LogP contribution is 2.42. The SMILES string of the molecule is COc1cc(C(=O)O)c(OC)c(N)c1OC. The van der Waals surface area contributed by atoms with E-state index in [4.69, 9.17) is 25.1 Å². The lowest BCUT2D eigenvalue weighted by Crippen LogP contribution is -2.06. The van der Waals surface area contributed by atoms with Crippen LogP contribution in [0.5, 0.6) is 17.2 Å². The maximum Gasteiger partial charge on any atom is 0.339 e. The van der Waals surface area contributed by atoms with Gasteiger partial charge in [0.05, 0.1) is 21.3 Å². The van der Waals surface area contributed by atoms with Crippen molar-refractivity contribution in [1.29, 1.82) is 0 Å². The second-order valence-corrected chi connectivity index (χ2v) is 2.91. The summed E-state index contributed by atoms with van der Waals surface area (Å²) < 4.78 is 14.9. The maximum atomic E-state index is 11.0. The van der Waals surface area contributed by atoms with Crippen LogP contribution in [0.1, 0.15) is 10.4 Å². The number of methoxy groups -OCH3 is 3. The van der Waals surface area contributed by atoms with E-state index in [0.717, 1.165) is 0 Å². The molecule has 0 fully saturated rings. The highest BCUT2D eigenvalue weighted by Gasteiger charge is 2.21. The number of carboxylic acid groups (broad SMARTS) is 1. The van der Waals surface area contributed by atoms with Gasteiger partial charge in [-0.1, -0.05) is 0 Å². The lowest BCUT2D eigenvalue weighted by atomic mass is 10.1. The number of nitrogen functional groups attached to an aromatic ring is 1. The third-order valence-corrected chi connectivity index (χ3v) is 2.09. The predicted octanol–water partition coefficient (Wildman–Crippen LogP) is 0.993. The first-order valence-corrected chi connectivity index (χ1v) is 4.38. The molecular weight excluding hydrogens is 214 g/mol. The summed E-state index contributed by atoms with van der Waals surface area (Å²) >= 11 is 0. The molecule has 0 saturated heterocycles. The van der Waals surface area contributed by atoms with Crippen molar-refractivity contribution < 1.29 is 24.1 Å². The average molecular weight is 227 g/mol. The monoisotopic (exact) mass is 227 g/mol. The summed E-state index contributed by atoms with van der Waals surface area (Å²) in [6.07, 6.45) is 0. The number of ether oxygens (including phenoxy) is 3. The molecule has 0 aliphatic rings. The van der Waals surface area contributed by atoms with Gasteiger partial charge in [0.15, 0.2) is 17.2 Å². The number of rotatable bonds is 4. The van der Waals surface area contributed by atoms with E-state index in [1.165, 1.54) is 27.4 Å². The van der Waals surface area contributed by atoms with Crippen LogP contribution in [-0.2, 0) is 0 Å². The van der Waals surface area contributed by atoms with Gasteiger partial charge in [0.1, 0.15) is 11.3 Å². The lowest BCUT2D eigenvalue weighted by molar-refractivity contribution is 0.0693. The Morgan fingerprint density at radius 3 is 2.12 bits per heavy atom. The number of nitrogens with two attached hydrogens (primary N) is 1. The van der Waals surface area contributed by atoms with Gasteiger partial charge in [-0.2, -0.15) is 0 Å². The normalized spacial score (nSPS) is 9.69. The molecule has 0 spiro atoms. The third-order valence-electron chi connectivity index (χ3n) is 2.09. The minimum absolute atomic E-state index is 0.0603. The molecule has 0 aliphatic carbocycles. The topological polar surface area (TPSA) is 91.0 Å². The summed E-state index contributed by atoms with van der Waals surface area (Å²) in [7, 11) is 4.15. The number of aromatic carboxylic acids is 1. The number of carbonyl (C=O) groups is 1. The molecule has 6 heteroatoms. The first kappa shape index (κ1) is 12.0.